The number of nitrogens with one attached hydrogen (secondary N) is 3. The van der Waals surface area contributed by atoms with Crippen molar-refractivity contribution in [3.05, 3.63) is 46.5 Å². The average molecular weight is 439 g/mol. The van der Waals surface area contributed by atoms with E-state index in [4.69, 9.17) is 22.6 Å². The number of hydrogen-bond donors (Lipinski definition) is 8. The van der Waals surface area contributed by atoms with E-state index in [1.165, 1.54) is 24.3 Å². The number of carbonyl (C=O) groups excluding carboxylic acids is 2. The minimum atomic E-state index is -0.597. The van der Waals surface area contributed by atoms with Gasteiger partial charge in [-0.2, -0.15) is 0 Å². The number of amidine groups is 1. The number of carbonyl (C=O) groups is 2. The highest BCUT2D eigenvalue weighted by Gasteiger charge is 2.37. The maximum Gasteiger partial charge on any atom is 0.200 e. The maximum atomic E-state index is 13.4. The van der Waals surface area contributed by atoms with Gasteiger partial charge in [0.25, 0.3) is 0 Å². The van der Waals surface area contributed by atoms with Gasteiger partial charge in [-0.05, 0) is 30.7 Å². The van der Waals surface area contributed by atoms with Crippen LogP contribution in [-0.4, -0.2) is 53.2 Å². The highest BCUT2D eigenvalue weighted by Crippen LogP contribution is 2.42. The number of ketones is 2. The molecule has 0 spiro atoms. The highest BCUT2D eigenvalue weighted by atomic mass is 16.3. The number of nitrogens with two attached hydrogens (primary N) is 3. The van der Waals surface area contributed by atoms with Crippen LogP contribution in [0.3, 0.4) is 0 Å². The topological polar surface area (TPSA) is 213 Å². The van der Waals surface area contributed by atoms with Crippen LogP contribution in [0, 0.1) is 5.41 Å². The zero-order chi connectivity index (χ0) is 23.4. The molecule has 0 heterocycles. The third-order valence-corrected chi connectivity index (χ3v) is 4.93. The van der Waals surface area contributed by atoms with Crippen molar-refractivity contribution in [2.75, 3.05) is 30.3 Å². The van der Waals surface area contributed by atoms with Gasteiger partial charge in [0, 0.05) is 30.9 Å². The van der Waals surface area contributed by atoms with E-state index in [1.54, 1.807) is 0 Å². The van der Waals surface area contributed by atoms with Crippen molar-refractivity contribution in [3.63, 3.8) is 0 Å². The van der Waals surface area contributed by atoms with Gasteiger partial charge in [0.15, 0.2) is 5.96 Å². The molecular weight excluding hydrogens is 414 g/mol. The minimum Gasteiger partial charge on any atom is -0.507 e. The Morgan fingerprint density at radius 3 is 1.81 bits per heavy atom. The molecule has 0 amide bonds. The zero-order valence-electron chi connectivity index (χ0n) is 17.2. The van der Waals surface area contributed by atoms with Gasteiger partial charge in [0.05, 0.1) is 34.6 Å². The van der Waals surface area contributed by atoms with E-state index in [0.717, 1.165) is 0 Å². The van der Waals surface area contributed by atoms with Gasteiger partial charge in [-0.25, -0.2) is 0 Å². The number of phenols is 2. The molecule has 0 atom stereocenters. The number of phenolic OH excluding ortho intramolecular Hbond substituents is 2. The van der Waals surface area contributed by atoms with Gasteiger partial charge >= 0.3 is 0 Å². The zero-order valence-corrected chi connectivity index (χ0v) is 17.2. The van der Waals surface area contributed by atoms with Crippen LogP contribution in [0.25, 0.3) is 0 Å². The van der Waals surface area contributed by atoms with E-state index in [0.29, 0.717) is 30.8 Å². The molecular formula is C21H25N7O4. The largest absolute Gasteiger partial charge is 0.507 e. The maximum absolute atomic E-state index is 13.4. The fourth-order valence-corrected chi connectivity index (χ4v) is 3.54. The number of fused-ring (bicyclic) bond motifs is 2. The van der Waals surface area contributed by atoms with E-state index < -0.39 is 11.6 Å². The molecule has 11 nitrogen and oxygen atoms in total. The Balaban J connectivity index is 1.99. The molecule has 0 bridgehead atoms. The molecule has 1 aliphatic carbocycles. The number of benzene rings is 2. The predicted molar refractivity (Wildman–Crippen MR) is 122 cm³/mol. The summed E-state index contributed by atoms with van der Waals surface area (Å²) in [5.74, 6) is -1.90. The number of guanidine groups is 1. The molecule has 3 rings (SSSR count). The summed E-state index contributed by atoms with van der Waals surface area (Å²) in [4.78, 5) is 30.6. The first-order chi connectivity index (χ1) is 15.2. The van der Waals surface area contributed by atoms with Gasteiger partial charge in [0.2, 0.25) is 11.6 Å². The van der Waals surface area contributed by atoms with Crippen molar-refractivity contribution in [1.29, 1.82) is 5.41 Å². The van der Waals surface area contributed by atoms with Crippen LogP contribution < -0.4 is 27.8 Å². The molecule has 2 aromatic rings. The second kappa shape index (κ2) is 9.25. The summed E-state index contributed by atoms with van der Waals surface area (Å²) in [6, 6.07) is 5.62. The second-order valence-corrected chi connectivity index (χ2v) is 7.21. The summed E-state index contributed by atoms with van der Waals surface area (Å²) in [5, 5.41) is 34.1. The molecule has 168 valence electrons. The van der Waals surface area contributed by atoms with Crippen LogP contribution >= 0.6 is 0 Å². The van der Waals surface area contributed by atoms with Gasteiger partial charge in [0.1, 0.15) is 11.5 Å². The summed E-state index contributed by atoms with van der Waals surface area (Å²) in [6.07, 6.45) is 0.914. The Morgan fingerprint density at radius 2 is 1.34 bits per heavy atom. The lowest BCUT2D eigenvalue weighted by Crippen LogP contribution is -2.26. The Kier molecular flexibility index (Phi) is 6.47. The predicted octanol–water partition coefficient (Wildman–Crippen LogP) is 0.687. The molecule has 0 saturated heterocycles. The molecule has 0 unspecified atom stereocenters. The van der Waals surface area contributed by atoms with Crippen LogP contribution in [0.2, 0.25) is 0 Å². The van der Waals surface area contributed by atoms with Crippen LogP contribution in [0.5, 0.6) is 11.5 Å². The summed E-state index contributed by atoms with van der Waals surface area (Å²) < 4.78 is 0. The molecule has 0 radical (unpaired) electrons. The van der Waals surface area contributed by atoms with Crippen molar-refractivity contribution >= 4 is 34.7 Å². The average Bonchev–Trinajstić information content (AvgIpc) is 2.73. The molecule has 11 N–H and O–H groups in total. The SMILES string of the molecule is N=C(N)CCCNc1ccc(O)c2c1C(=O)c1c(O)ccc(NCCN=C(N)N)c1C2=O. The van der Waals surface area contributed by atoms with E-state index in [-0.39, 0.29) is 58.6 Å². The number of aromatic hydroxyl groups is 2. The fraction of sp³-hybridized carbons (Fsp3) is 0.238. The molecule has 32 heavy (non-hydrogen) atoms. The summed E-state index contributed by atoms with van der Waals surface area (Å²) >= 11 is 0. The third kappa shape index (κ3) is 4.41. The first-order valence-corrected chi connectivity index (χ1v) is 9.89. The number of hydrogen-bond acceptors (Lipinski definition) is 8. The van der Waals surface area contributed by atoms with Crippen molar-refractivity contribution in [2.45, 2.75) is 12.8 Å². The van der Waals surface area contributed by atoms with Crippen LogP contribution in [0.1, 0.15) is 44.7 Å². The van der Waals surface area contributed by atoms with E-state index in [9.17, 15) is 19.8 Å². The Hall–Kier alpha value is -4.28. The Morgan fingerprint density at radius 1 is 0.844 bits per heavy atom. The Labute approximate surface area is 183 Å². The lowest BCUT2D eigenvalue weighted by molar-refractivity contribution is 0.0975. The molecule has 0 fully saturated rings. The number of rotatable bonds is 9. The van der Waals surface area contributed by atoms with E-state index >= 15 is 0 Å². The number of nitrogens with zero attached hydrogens (tertiary/aromatic N) is 1. The van der Waals surface area contributed by atoms with Gasteiger partial charge in [-0.15, -0.1) is 0 Å². The van der Waals surface area contributed by atoms with Crippen molar-refractivity contribution < 1.29 is 19.8 Å². The van der Waals surface area contributed by atoms with Crippen LogP contribution in [-0.2, 0) is 0 Å². The van der Waals surface area contributed by atoms with E-state index in [1.807, 2.05) is 0 Å². The summed E-state index contributed by atoms with van der Waals surface area (Å²) in [5.41, 5.74) is 16.3. The molecule has 0 aliphatic heterocycles. The quantitative estimate of drug-likeness (QED) is 0.102. The van der Waals surface area contributed by atoms with Crippen molar-refractivity contribution in [2.24, 2.45) is 22.2 Å². The normalized spacial score (nSPS) is 12.0. The van der Waals surface area contributed by atoms with Gasteiger partial charge < -0.3 is 38.0 Å². The minimum absolute atomic E-state index is 0.0155. The van der Waals surface area contributed by atoms with E-state index in [2.05, 4.69) is 15.6 Å². The first kappa shape index (κ1) is 22.4. The summed E-state index contributed by atoms with van der Waals surface area (Å²) in [7, 11) is 0. The summed E-state index contributed by atoms with van der Waals surface area (Å²) in [6.45, 7) is 0.896. The van der Waals surface area contributed by atoms with Gasteiger partial charge in [-0.1, -0.05) is 0 Å². The monoisotopic (exact) mass is 439 g/mol. The van der Waals surface area contributed by atoms with Gasteiger partial charge in [-0.3, -0.25) is 20.0 Å². The smallest absolute Gasteiger partial charge is 0.200 e. The first-order valence-electron chi connectivity index (χ1n) is 9.89. The lowest BCUT2D eigenvalue weighted by atomic mass is 9.81. The molecule has 1 aliphatic rings. The standard InChI is InChI=1S/C21H25N7O4/c22-14(23)2-1-7-26-10-3-5-12(29)17-15(10)19(31)18-13(30)6-4-11(16(18)20(17)32)27-8-9-28-21(24)25/h3-6,26-27,29-30H,1-2,7-9H2,(H3,22,23)(H4,24,25,28). The molecule has 2 aromatic carbocycles. The molecule has 0 saturated carbocycles. The molecule has 11 heteroatoms. The third-order valence-electron chi connectivity index (χ3n) is 4.93. The number of aliphatic imine (C=N–C) groups is 1. The van der Waals surface area contributed by atoms with Crippen LogP contribution in [0.4, 0.5) is 11.4 Å². The number of anilines is 2. The van der Waals surface area contributed by atoms with Crippen molar-refractivity contribution in [1.82, 2.24) is 0 Å². The molecule has 0 aromatic heterocycles. The Bertz CT molecular complexity index is 1120. The van der Waals surface area contributed by atoms with Crippen LogP contribution in [0.15, 0.2) is 29.3 Å². The fourth-order valence-electron chi connectivity index (χ4n) is 3.54. The lowest BCUT2D eigenvalue weighted by Gasteiger charge is -2.24. The van der Waals surface area contributed by atoms with Crippen molar-refractivity contribution in [3.8, 4) is 11.5 Å². The second-order valence-electron chi connectivity index (χ2n) is 7.21. The highest BCUT2D eigenvalue weighted by molar-refractivity contribution is 6.33.